The van der Waals surface area contributed by atoms with Crippen LogP contribution in [0.3, 0.4) is 0 Å². The quantitative estimate of drug-likeness (QED) is 0.763. The van der Waals surface area contributed by atoms with Gasteiger partial charge in [-0.05, 0) is 30.7 Å². The number of benzene rings is 1. The molecular weight excluding hydrogens is 210 g/mol. The van der Waals surface area contributed by atoms with E-state index in [0.29, 0.717) is 11.8 Å². The summed E-state index contributed by atoms with van der Waals surface area (Å²) in [6, 6.07) is 10.5. The van der Waals surface area contributed by atoms with Crippen LogP contribution in [0.2, 0.25) is 0 Å². The van der Waals surface area contributed by atoms with Crippen molar-refractivity contribution >= 4 is 5.91 Å². The van der Waals surface area contributed by atoms with E-state index in [1.165, 1.54) is 12.0 Å². The summed E-state index contributed by atoms with van der Waals surface area (Å²) in [6.45, 7) is 5.34. The third kappa shape index (κ3) is 1.50. The number of carbonyl (C=O) groups is 1. The van der Waals surface area contributed by atoms with E-state index < -0.39 is 0 Å². The van der Waals surface area contributed by atoms with E-state index in [0.717, 1.165) is 13.0 Å². The average Bonchev–Trinajstić information content (AvgIpc) is 2.50. The lowest BCUT2D eigenvalue weighted by molar-refractivity contribution is -0.135. The van der Waals surface area contributed by atoms with Crippen LogP contribution >= 0.6 is 0 Å². The van der Waals surface area contributed by atoms with Crippen molar-refractivity contribution in [3.8, 4) is 0 Å². The summed E-state index contributed by atoms with van der Waals surface area (Å²) >= 11 is 0. The fourth-order valence-electron chi connectivity index (χ4n) is 3.30. The van der Waals surface area contributed by atoms with Crippen molar-refractivity contribution in [1.82, 2.24) is 4.90 Å². The fraction of sp³-hybridized carbons (Fsp3) is 0.533. The first-order valence-corrected chi connectivity index (χ1v) is 6.47. The second-order valence-corrected chi connectivity index (χ2v) is 5.80. The number of hydrogen-bond donors (Lipinski definition) is 0. The van der Waals surface area contributed by atoms with Gasteiger partial charge in [-0.3, -0.25) is 4.79 Å². The molecule has 1 saturated heterocycles. The monoisotopic (exact) mass is 229 g/mol. The molecule has 0 radical (unpaired) electrons. The van der Waals surface area contributed by atoms with Gasteiger partial charge in [-0.2, -0.15) is 0 Å². The van der Waals surface area contributed by atoms with Gasteiger partial charge in [0.25, 0.3) is 0 Å². The van der Waals surface area contributed by atoms with E-state index in [1.54, 1.807) is 0 Å². The summed E-state index contributed by atoms with van der Waals surface area (Å²) in [5.74, 6) is 0.670. The molecule has 2 heteroatoms. The van der Waals surface area contributed by atoms with Crippen LogP contribution in [0.25, 0.3) is 0 Å². The van der Waals surface area contributed by atoms with Gasteiger partial charge in [0.05, 0.1) is 6.04 Å². The predicted octanol–water partition coefficient (Wildman–Crippen LogP) is 3.01. The summed E-state index contributed by atoms with van der Waals surface area (Å²) < 4.78 is 0. The molecule has 1 aromatic carbocycles. The van der Waals surface area contributed by atoms with E-state index >= 15 is 0 Å². The Morgan fingerprint density at radius 1 is 1.35 bits per heavy atom. The summed E-state index contributed by atoms with van der Waals surface area (Å²) in [6.07, 6.45) is 2.30. The molecule has 1 saturated carbocycles. The standard InChI is InChI=1S/C15H19NO/c1-11(12-6-4-3-5-7-12)16-10-15(2)9-8-13(15)14(16)17/h3-7,11,13H,8-10H2,1-2H3/t11-,13?,15?/m1/s1. The van der Waals surface area contributed by atoms with Crippen molar-refractivity contribution < 1.29 is 4.79 Å². The summed E-state index contributed by atoms with van der Waals surface area (Å²) in [7, 11) is 0. The van der Waals surface area contributed by atoms with Crippen molar-refractivity contribution in [2.75, 3.05) is 6.54 Å². The molecule has 90 valence electrons. The van der Waals surface area contributed by atoms with Crippen LogP contribution in [-0.4, -0.2) is 17.4 Å². The van der Waals surface area contributed by atoms with Gasteiger partial charge < -0.3 is 4.90 Å². The van der Waals surface area contributed by atoms with Gasteiger partial charge in [-0.25, -0.2) is 0 Å². The Bertz CT molecular complexity index is 441. The van der Waals surface area contributed by atoms with Gasteiger partial charge in [0.1, 0.15) is 0 Å². The van der Waals surface area contributed by atoms with Crippen molar-refractivity contribution in [3.63, 3.8) is 0 Å². The molecule has 1 aromatic rings. The number of fused-ring (bicyclic) bond motifs is 1. The Morgan fingerprint density at radius 3 is 2.53 bits per heavy atom. The highest BCUT2D eigenvalue weighted by molar-refractivity contribution is 5.83. The van der Waals surface area contributed by atoms with Gasteiger partial charge >= 0.3 is 0 Å². The molecule has 2 aliphatic rings. The summed E-state index contributed by atoms with van der Waals surface area (Å²) in [5.41, 5.74) is 1.51. The van der Waals surface area contributed by atoms with E-state index in [-0.39, 0.29) is 11.5 Å². The topological polar surface area (TPSA) is 20.3 Å². The van der Waals surface area contributed by atoms with E-state index in [1.807, 2.05) is 18.2 Å². The largest absolute Gasteiger partial charge is 0.335 e. The molecule has 0 bridgehead atoms. The van der Waals surface area contributed by atoms with E-state index in [2.05, 4.69) is 30.9 Å². The Kier molecular flexibility index (Phi) is 2.29. The number of carbonyl (C=O) groups excluding carboxylic acids is 1. The Labute approximate surface area is 103 Å². The van der Waals surface area contributed by atoms with Crippen LogP contribution in [0.1, 0.15) is 38.3 Å². The molecule has 2 nitrogen and oxygen atoms in total. The lowest BCUT2D eigenvalue weighted by Crippen LogP contribution is -2.37. The maximum Gasteiger partial charge on any atom is 0.226 e. The van der Waals surface area contributed by atoms with Crippen molar-refractivity contribution in [1.29, 1.82) is 0 Å². The number of likely N-dealkylation sites (tertiary alicyclic amines) is 1. The number of amides is 1. The van der Waals surface area contributed by atoms with Crippen molar-refractivity contribution in [2.45, 2.75) is 32.7 Å². The molecule has 1 aliphatic carbocycles. The Balaban J connectivity index is 1.84. The zero-order valence-corrected chi connectivity index (χ0v) is 10.5. The third-order valence-electron chi connectivity index (χ3n) is 4.71. The summed E-state index contributed by atoms with van der Waals surface area (Å²) in [5, 5.41) is 0. The third-order valence-corrected chi connectivity index (χ3v) is 4.71. The highest BCUT2D eigenvalue weighted by Gasteiger charge is 2.55. The second kappa shape index (κ2) is 3.59. The molecular formula is C15H19NO. The molecule has 0 aromatic heterocycles. The lowest BCUT2D eigenvalue weighted by atomic mass is 9.63. The lowest BCUT2D eigenvalue weighted by Gasteiger charge is -2.38. The SMILES string of the molecule is C[C@H](c1ccccc1)N1CC2(C)CCC2C1=O. The van der Waals surface area contributed by atoms with Crippen molar-refractivity contribution in [2.24, 2.45) is 11.3 Å². The maximum absolute atomic E-state index is 12.3. The van der Waals surface area contributed by atoms with Crippen LogP contribution in [0.15, 0.2) is 30.3 Å². The molecule has 2 fully saturated rings. The van der Waals surface area contributed by atoms with Crippen LogP contribution in [-0.2, 0) is 4.79 Å². The van der Waals surface area contributed by atoms with Crippen molar-refractivity contribution in [3.05, 3.63) is 35.9 Å². The normalized spacial score (nSPS) is 33.2. The number of rotatable bonds is 2. The molecule has 1 aliphatic heterocycles. The molecule has 1 amide bonds. The van der Waals surface area contributed by atoms with Gasteiger partial charge in [-0.1, -0.05) is 37.3 Å². The highest BCUT2D eigenvalue weighted by Crippen LogP contribution is 2.53. The molecule has 2 unspecified atom stereocenters. The molecule has 3 atom stereocenters. The minimum Gasteiger partial charge on any atom is -0.335 e. The van der Waals surface area contributed by atoms with Crippen LogP contribution in [0.4, 0.5) is 0 Å². The summed E-state index contributed by atoms with van der Waals surface area (Å²) in [4.78, 5) is 14.4. The van der Waals surface area contributed by atoms with Crippen LogP contribution in [0.5, 0.6) is 0 Å². The zero-order valence-electron chi connectivity index (χ0n) is 10.5. The highest BCUT2D eigenvalue weighted by atomic mass is 16.2. The zero-order chi connectivity index (χ0) is 12.0. The van der Waals surface area contributed by atoms with Gasteiger partial charge in [-0.15, -0.1) is 0 Å². The van der Waals surface area contributed by atoms with E-state index in [4.69, 9.17) is 0 Å². The average molecular weight is 229 g/mol. The minimum absolute atomic E-state index is 0.214. The van der Waals surface area contributed by atoms with Gasteiger partial charge in [0.15, 0.2) is 0 Å². The smallest absolute Gasteiger partial charge is 0.226 e. The first kappa shape index (κ1) is 10.8. The first-order chi connectivity index (χ1) is 8.12. The number of hydrogen-bond acceptors (Lipinski definition) is 1. The molecule has 17 heavy (non-hydrogen) atoms. The number of nitrogens with zero attached hydrogens (tertiary/aromatic N) is 1. The fourth-order valence-corrected chi connectivity index (χ4v) is 3.30. The van der Waals surface area contributed by atoms with Crippen LogP contribution < -0.4 is 0 Å². The maximum atomic E-state index is 12.3. The van der Waals surface area contributed by atoms with E-state index in [9.17, 15) is 4.79 Å². The first-order valence-electron chi connectivity index (χ1n) is 6.47. The van der Waals surface area contributed by atoms with Gasteiger partial charge in [0, 0.05) is 12.5 Å². The Hall–Kier alpha value is -1.31. The molecule has 0 spiro atoms. The molecule has 1 heterocycles. The molecule has 0 N–H and O–H groups in total. The minimum atomic E-state index is 0.214. The predicted molar refractivity (Wildman–Crippen MR) is 67.4 cm³/mol. The van der Waals surface area contributed by atoms with Crippen LogP contribution in [0, 0.1) is 11.3 Å². The second-order valence-electron chi connectivity index (χ2n) is 5.80. The molecule has 3 rings (SSSR count). The Morgan fingerprint density at radius 2 is 2.06 bits per heavy atom. The van der Waals surface area contributed by atoms with Gasteiger partial charge in [0.2, 0.25) is 5.91 Å².